The highest BCUT2D eigenvalue weighted by atomic mass is 16.5. The first kappa shape index (κ1) is 21.1. The molecule has 2 aromatic carbocycles. The summed E-state index contributed by atoms with van der Waals surface area (Å²) in [5.41, 5.74) is 8.08. The summed E-state index contributed by atoms with van der Waals surface area (Å²) in [5.74, 6) is -1.32. The van der Waals surface area contributed by atoms with Crippen LogP contribution in [0.15, 0.2) is 54.6 Å². The number of hydrogen-bond donors (Lipinski definition) is 3. The first-order chi connectivity index (χ1) is 13.4. The van der Waals surface area contributed by atoms with Gasteiger partial charge in [0.15, 0.2) is 0 Å². The molecule has 0 saturated heterocycles. The van der Waals surface area contributed by atoms with E-state index >= 15 is 0 Å². The van der Waals surface area contributed by atoms with Crippen LogP contribution in [0.2, 0.25) is 0 Å². The van der Waals surface area contributed by atoms with Crippen LogP contribution in [0.4, 0.5) is 5.69 Å². The van der Waals surface area contributed by atoms with Gasteiger partial charge in [0.1, 0.15) is 0 Å². The fourth-order valence-electron chi connectivity index (χ4n) is 2.57. The van der Waals surface area contributed by atoms with E-state index in [4.69, 9.17) is 5.73 Å². The molecule has 0 aliphatic carbocycles. The predicted octanol–water partition coefficient (Wildman–Crippen LogP) is 2.25. The summed E-state index contributed by atoms with van der Waals surface area (Å²) < 4.78 is 4.52. The number of esters is 1. The third-order valence-electron chi connectivity index (χ3n) is 4.39. The summed E-state index contributed by atoms with van der Waals surface area (Å²) >= 11 is 0. The van der Waals surface area contributed by atoms with Gasteiger partial charge in [0.25, 0.3) is 5.91 Å². The molecule has 2 amide bonds. The monoisotopic (exact) mass is 383 g/mol. The van der Waals surface area contributed by atoms with Crippen molar-refractivity contribution in [3.8, 4) is 0 Å². The SMILES string of the molecule is COC(=O)CCNC(=O)c1ccc(NC(=O)C(C)C(N)c2ccccc2)cc1. The van der Waals surface area contributed by atoms with Crippen molar-refractivity contribution in [1.29, 1.82) is 0 Å². The molecule has 148 valence electrons. The lowest BCUT2D eigenvalue weighted by atomic mass is 9.94. The minimum atomic E-state index is -0.427. The van der Waals surface area contributed by atoms with Gasteiger partial charge in [-0.1, -0.05) is 37.3 Å². The van der Waals surface area contributed by atoms with Crippen molar-refractivity contribution in [3.63, 3.8) is 0 Å². The fraction of sp³-hybridized carbons (Fsp3) is 0.286. The van der Waals surface area contributed by atoms with E-state index in [9.17, 15) is 14.4 Å². The van der Waals surface area contributed by atoms with Gasteiger partial charge in [0.2, 0.25) is 5.91 Å². The lowest BCUT2D eigenvalue weighted by molar-refractivity contribution is -0.140. The van der Waals surface area contributed by atoms with Gasteiger partial charge >= 0.3 is 5.97 Å². The van der Waals surface area contributed by atoms with Gasteiger partial charge in [0, 0.05) is 23.8 Å². The zero-order chi connectivity index (χ0) is 20.5. The van der Waals surface area contributed by atoms with Crippen LogP contribution in [-0.4, -0.2) is 31.4 Å². The molecule has 4 N–H and O–H groups in total. The molecule has 0 fully saturated rings. The van der Waals surface area contributed by atoms with Crippen molar-refractivity contribution in [2.75, 3.05) is 19.0 Å². The van der Waals surface area contributed by atoms with Crippen LogP contribution in [0.25, 0.3) is 0 Å². The number of amides is 2. The molecule has 0 spiro atoms. The van der Waals surface area contributed by atoms with Gasteiger partial charge in [-0.25, -0.2) is 0 Å². The summed E-state index contributed by atoms with van der Waals surface area (Å²) in [4.78, 5) is 35.5. The van der Waals surface area contributed by atoms with E-state index in [1.165, 1.54) is 7.11 Å². The quantitative estimate of drug-likeness (QED) is 0.606. The summed E-state index contributed by atoms with van der Waals surface area (Å²) in [6.45, 7) is 1.97. The maximum absolute atomic E-state index is 12.5. The number of nitrogens with two attached hydrogens (primary N) is 1. The Balaban J connectivity index is 1.90. The van der Waals surface area contributed by atoms with Crippen molar-refractivity contribution < 1.29 is 19.1 Å². The largest absolute Gasteiger partial charge is 0.469 e. The summed E-state index contributed by atoms with van der Waals surface area (Å²) in [6.07, 6.45) is 0.107. The average Bonchev–Trinajstić information content (AvgIpc) is 2.73. The van der Waals surface area contributed by atoms with Crippen molar-refractivity contribution in [2.45, 2.75) is 19.4 Å². The Kier molecular flexibility index (Phi) is 7.71. The third-order valence-corrected chi connectivity index (χ3v) is 4.39. The van der Waals surface area contributed by atoms with Crippen LogP contribution < -0.4 is 16.4 Å². The van der Waals surface area contributed by atoms with Gasteiger partial charge in [-0.3, -0.25) is 14.4 Å². The van der Waals surface area contributed by atoms with Crippen molar-refractivity contribution in [1.82, 2.24) is 5.32 Å². The molecule has 2 unspecified atom stereocenters. The van der Waals surface area contributed by atoms with Crippen LogP contribution in [-0.2, 0) is 14.3 Å². The van der Waals surface area contributed by atoms with E-state index in [2.05, 4.69) is 15.4 Å². The number of benzene rings is 2. The second-order valence-electron chi connectivity index (χ2n) is 6.37. The second kappa shape index (κ2) is 10.2. The van der Waals surface area contributed by atoms with Gasteiger partial charge in [0.05, 0.1) is 19.4 Å². The van der Waals surface area contributed by atoms with Crippen LogP contribution in [0, 0.1) is 5.92 Å². The van der Waals surface area contributed by atoms with Gasteiger partial charge in [-0.15, -0.1) is 0 Å². The topological polar surface area (TPSA) is 111 Å². The highest BCUT2D eigenvalue weighted by Gasteiger charge is 2.22. The maximum Gasteiger partial charge on any atom is 0.307 e. The van der Waals surface area contributed by atoms with E-state index in [1.54, 1.807) is 31.2 Å². The Morgan fingerprint density at radius 3 is 2.29 bits per heavy atom. The molecule has 0 aliphatic rings. The molecule has 0 radical (unpaired) electrons. The smallest absolute Gasteiger partial charge is 0.307 e. The van der Waals surface area contributed by atoms with E-state index in [0.717, 1.165) is 5.56 Å². The minimum absolute atomic E-state index is 0.107. The lowest BCUT2D eigenvalue weighted by Crippen LogP contribution is -2.30. The van der Waals surface area contributed by atoms with Crippen LogP contribution in [0.5, 0.6) is 0 Å². The molecule has 0 aliphatic heterocycles. The first-order valence-electron chi connectivity index (χ1n) is 8.99. The van der Waals surface area contributed by atoms with Crippen LogP contribution in [0.3, 0.4) is 0 Å². The number of nitrogens with one attached hydrogen (secondary N) is 2. The molecule has 0 bridgehead atoms. The summed E-state index contributed by atoms with van der Waals surface area (Å²) in [6, 6.07) is 15.5. The number of methoxy groups -OCH3 is 1. The number of hydrogen-bond acceptors (Lipinski definition) is 5. The Morgan fingerprint density at radius 1 is 1.04 bits per heavy atom. The molecule has 0 saturated carbocycles. The molecular weight excluding hydrogens is 358 g/mol. The molecule has 2 atom stereocenters. The van der Waals surface area contributed by atoms with Crippen molar-refractivity contribution in [2.24, 2.45) is 11.7 Å². The Labute approximate surface area is 164 Å². The number of carbonyl (C=O) groups is 3. The maximum atomic E-state index is 12.5. The summed E-state index contributed by atoms with van der Waals surface area (Å²) in [5, 5.41) is 5.44. The van der Waals surface area contributed by atoms with E-state index in [0.29, 0.717) is 11.3 Å². The Hall–Kier alpha value is -3.19. The minimum Gasteiger partial charge on any atom is -0.469 e. The number of ether oxygens (including phenoxy) is 1. The average molecular weight is 383 g/mol. The van der Waals surface area contributed by atoms with Crippen molar-refractivity contribution in [3.05, 3.63) is 65.7 Å². The van der Waals surface area contributed by atoms with Gasteiger partial charge < -0.3 is 21.1 Å². The number of carbonyl (C=O) groups excluding carboxylic acids is 3. The highest BCUT2D eigenvalue weighted by molar-refractivity contribution is 5.96. The Morgan fingerprint density at radius 2 is 1.68 bits per heavy atom. The standard InChI is InChI=1S/C21H25N3O4/c1-14(19(22)15-6-4-3-5-7-15)20(26)24-17-10-8-16(9-11-17)21(27)23-13-12-18(25)28-2/h3-11,14,19H,12-13,22H2,1-2H3,(H,23,27)(H,24,26). The molecule has 28 heavy (non-hydrogen) atoms. The predicted molar refractivity (Wildman–Crippen MR) is 107 cm³/mol. The van der Waals surface area contributed by atoms with E-state index < -0.39 is 12.0 Å². The molecule has 2 aromatic rings. The Bertz CT molecular complexity index is 806. The van der Waals surface area contributed by atoms with Crippen LogP contribution >= 0.6 is 0 Å². The second-order valence-corrected chi connectivity index (χ2v) is 6.37. The molecular formula is C21H25N3O4. The molecule has 2 rings (SSSR count). The first-order valence-corrected chi connectivity index (χ1v) is 8.99. The molecule has 0 aromatic heterocycles. The van der Waals surface area contributed by atoms with Gasteiger partial charge in [-0.05, 0) is 29.8 Å². The lowest BCUT2D eigenvalue weighted by Gasteiger charge is -2.20. The van der Waals surface area contributed by atoms with E-state index in [-0.39, 0.29) is 30.7 Å². The number of rotatable bonds is 8. The normalized spacial score (nSPS) is 12.5. The van der Waals surface area contributed by atoms with Gasteiger partial charge in [-0.2, -0.15) is 0 Å². The van der Waals surface area contributed by atoms with Crippen LogP contribution in [0.1, 0.15) is 35.3 Å². The fourth-order valence-corrected chi connectivity index (χ4v) is 2.57. The summed E-state index contributed by atoms with van der Waals surface area (Å²) in [7, 11) is 1.30. The zero-order valence-corrected chi connectivity index (χ0v) is 16.0. The molecule has 7 heteroatoms. The molecule has 7 nitrogen and oxygen atoms in total. The van der Waals surface area contributed by atoms with E-state index in [1.807, 2.05) is 30.3 Å². The zero-order valence-electron chi connectivity index (χ0n) is 16.0. The number of anilines is 1. The highest BCUT2D eigenvalue weighted by Crippen LogP contribution is 2.21. The molecule has 0 heterocycles. The third kappa shape index (κ3) is 5.92. The van der Waals surface area contributed by atoms with Crippen molar-refractivity contribution >= 4 is 23.5 Å².